The normalized spacial score (nSPS) is 35.6. The molecule has 0 spiro atoms. The van der Waals surface area contributed by atoms with E-state index in [1.807, 2.05) is 0 Å². The third kappa shape index (κ3) is 2.69. The van der Waals surface area contributed by atoms with Crippen LogP contribution in [0.15, 0.2) is 0 Å². The zero-order valence-corrected chi connectivity index (χ0v) is 9.80. The summed E-state index contributed by atoms with van der Waals surface area (Å²) in [6.07, 6.45) is 2.30. The zero-order valence-electron chi connectivity index (χ0n) is 9.80. The van der Waals surface area contributed by atoms with Gasteiger partial charge in [0.2, 0.25) is 0 Å². The summed E-state index contributed by atoms with van der Waals surface area (Å²) in [5, 5.41) is 3.48. The van der Waals surface area contributed by atoms with E-state index < -0.39 is 0 Å². The van der Waals surface area contributed by atoms with Crippen LogP contribution >= 0.6 is 0 Å². The second-order valence-corrected chi connectivity index (χ2v) is 4.29. The Bertz CT molecular complexity index is 173. The molecular formula is C11H23NO2. The van der Waals surface area contributed by atoms with E-state index in [0.29, 0.717) is 6.04 Å². The van der Waals surface area contributed by atoms with Gasteiger partial charge in [-0.25, -0.2) is 0 Å². The highest BCUT2D eigenvalue weighted by atomic mass is 16.5. The number of nitrogens with one attached hydrogen (secondary N) is 1. The summed E-state index contributed by atoms with van der Waals surface area (Å²) < 4.78 is 11.2. The molecule has 0 aromatic carbocycles. The number of ether oxygens (including phenoxy) is 2. The van der Waals surface area contributed by atoms with Crippen LogP contribution in [0.3, 0.4) is 0 Å². The maximum Gasteiger partial charge on any atom is 0.0926 e. The molecule has 0 aromatic rings. The van der Waals surface area contributed by atoms with E-state index in [4.69, 9.17) is 9.47 Å². The number of rotatable bonds is 4. The molecule has 1 heterocycles. The number of methoxy groups -OCH3 is 1. The Kier molecular flexibility index (Phi) is 4.35. The van der Waals surface area contributed by atoms with Crippen molar-refractivity contribution in [3.05, 3.63) is 0 Å². The molecule has 3 unspecified atom stereocenters. The molecule has 1 saturated heterocycles. The molecule has 3 heteroatoms. The highest BCUT2D eigenvalue weighted by Gasteiger charge is 2.37. The largest absolute Gasteiger partial charge is 0.379 e. The Morgan fingerprint density at radius 1 is 1.64 bits per heavy atom. The van der Waals surface area contributed by atoms with Crippen LogP contribution in [0, 0.1) is 0 Å². The lowest BCUT2D eigenvalue weighted by atomic mass is 9.88. The zero-order chi connectivity index (χ0) is 10.6. The lowest BCUT2D eigenvalue weighted by Gasteiger charge is -2.41. The van der Waals surface area contributed by atoms with E-state index in [1.54, 1.807) is 7.11 Å². The standard InChI is InChI=1S/C11H23NO2/c1-5-12-10-6-7-14-11(3,8-10)9(2)13-4/h9-10,12H,5-8H2,1-4H3. The van der Waals surface area contributed by atoms with Crippen LogP contribution in [0.1, 0.15) is 33.6 Å². The van der Waals surface area contributed by atoms with E-state index in [9.17, 15) is 0 Å². The van der Waals surface area contributed by atoms with Crippen molar-refractivity contribution in [1.29, 1.82) is 0 Å². The lowest BCUT2D eigenvalue weighted by molar-refractivity contribution is -0.147. The smallest absolute Gasteiger partial charge is 0.0926 e. The van der Waals surface area contributed by atoms with Gasteiger partial charge in [-0.15, -0.1) is 0 Å². The summed E-state index contributed by atoms with van der Waals surface area (Å²) in [5.74, 6) is 0. The fraction of sp³-hybridized carbons (Fsp3) is 1.00. The van der Waals surface area contributed by atoms with Crippen molar-refractivity contribution >= 4 is 0 Å². The molecule has 0 radical (unpaired) electrons. The summed E-state index contributed by atoms with van der Waals surface area (Å²) in [4.78, 5) is 0. The van der Waals surface area contributed by atoms with Gasteiger partial charge in [-0.1, -0.05) is 6.92 Å². The fourth-order valence-corrected chi connectivity index (χ4v) is 2.08. The molecule has 0 aromatic heterocycles. The van der Waals surface area contributed by atoms with E-state index >= 15 is 0 Å². The first kappa shape index (κ1) is 12.0. The number of hydrogen-bond donors (Lipinski definition) is 1. The molecule has 1 aliphatic rings. The van der Waals surface area contributed by atoms with Crippen molar-refractivity contribution < 1.29 is 9.47 Å². The van der Waals surface area contributed by atoms with Gasteiger partial charge in [-0.3, -0.25) is 0 Å². The maximum atomic E-state index is 5.83. The van der Waals surface area contributed by atoms with Crippen molar-refractivity contribution in [2.24, 2.45) is 0 Å². The van der Waals surface area contributed by atoms with Crippen LogP contribution in [-0.4, -0.2) is 38.0 Å². The molecule has 1 fully saturated rings. The van der Waals surface area contributed by atoms with Gasteiger partial charge in [0, 0.05) is 19.8 Å². The van der Waals surface area contributed by atoms with E-state index in [-0.39, 0.29) is 11.7 Å². The SMILES string of the molecule is CCNC1CCOC(C)(C(C)OC)C1. The van der Waals surface area contributed by atoms with Gasteiger partial charge in [-0.2, -0.15) is 0 Å². The Hall–Kier alpha value is -0.120. The first-order chi connectivity index (χ1) is 6.62. The number of hydrogen-bond acceptors (Lipinski definition) is 3. The van der Waals surface area contributed by atoms with E-state index in [1.165, 1.54) is 0 Å². The molecule has 0 bridgehead atoms. The molecule has 3 nitrogen and oxygen atoms in total. The molecule has 0 aliphatic carbocycles. The van der Waals surface area contributed by atoms with Gasteiger partial charge in [0.15, 0.2) is 0 Å². The minimum absolute atomic E-state index is 0.125. The molecule has 3 atom stereocenters. The molecule has 0 amide bonds. The van der Waals surface area contributed by atoms with Gasteiger partial charge in [0.05, 0.1) is 11.7 Å². The minimum Gasteiger partial charge on any atom is -0.379 e. The maximum absolute atomic E-state index is 5.83. The molecule has 1 aliphatic heterocycles. The first-order valence-corrected chi connectivity index (χ1v) is 5.52. The Morgan fingerprint density at radius 3 is 2.93 bits per heavy atom. The van der Waals surface area contributed by atoms with Crippen LogP contribution in [0.4, 0.5) is 0 Å². The minimum atomic E-state index is -0.125. The Morgan fingerprint density at radius 2 is 2.36 bits per heavy atom. The second-order valence-electron chi connectivity index (χ2n) is 4.29. The average molecular weight is 201 g/mol. The third-order valence-corrected chi connectivity index (χ3v) is 3.26. The molecule has 0 saturated carbocycles. The van der Waals surface area contributed by atoms with Crippen molar-refractivity contribution in [2.45, 2.75) is 51.4 Å². The van der Waals surface area contributed by atoms with Crippen LogP contribution in [0.25, 0.3) is 0 Å². The predicted molar refractivity (Wildman–Crippen MR) is 57.5 cm³/mol. The van der Waals surface area contributed by atoms with Gasteiger partial charge < -0.3 is 14.8 Å². The molecule has 84 valence electrons. The van der Waals surface area contributed by atoms with E-state index in [2.05, 4.69) is 26.1 Å². The van der Waals surface area contributed by atoms with E-state index in [0.717, 1.165) is 26.0 Å². The fourth-order valence-electron chi connectivity index (χ4n) is 2.08. The molecule has 1 rings (SSSR count). The van der Waals surface area contributed by atoms with Gasteiger partial charge in [0.25, 0.3) is 0 Å². The van der Waals surface area contributed by atoms with Gasteiger partial charge in [0.1, 0.15) is 0 Å². The Labute approximate surface area is 87.2 Å². The van der Waals surface area contributed by atoms with Gasteiger partial charge in [-0.05, 0) is 33.2 Å². The van der Waals surface area contributed by atoms with Gasteiger partial charge >= 0.3 is 0 Å². The van der Waals surface area contributed by atoms with Crippen molar-refractivity contribution in [1.82, 2.24) is 5.32 Å². The molecule has 14 heavy (non-hydrogen) atoms. The van der Waals surface area contributed by atoms with Crippen molar-refractivity contribution in [3.63, 3.8) is 0 Å². The Balaban J connectivity index is 2.52. The van der Waals surface area contributed by atoms with Crippen LogP contribution in [0.2, 0.25) is 0 Å². The molecule has 1 N–H and O–H groups in total. The summed E-state index contributed by atoms with van der Waals surface area (Å²) in [5.41, 5.74) is -0.125. The van der Waals surface area contributed by atoms with Crippen LogP contribution in [-0.2, 0) is 9.47 Å². The van der Waals surface area contributed by atoms with Crippen LogP contribution < -0.4 is 5.32 Å². The third-order valence-electron chi connectivity index (χ3n) is 3.26. The second kappa shape index (κ2) is 5.10. The predicted octanol–water partition coefficient (Wildman–Crippen LogP) is 1.57. The highest BCUT2D eigenvalue weighted by Crippen LogP contribution is 2.29. The van der Waals surface area contributed by atoms with Crippen molar-refractivity contribution in [3.8, 4) is 0 Å². The quantitative estimate of drug-likeness (QED) is 0.749. The van der Waals surface area contributed by atoms with Crippen molar-refractivity contribution in [2.75, 3.05) is 20.3 Å². The monoisotopic (exact) mass is 201 g/mol. The van der Waals surface area contributed by atoms with Crippen LogP contribution in [0.5, 0.6) is 0 Å². The summed E-state index contributed by atoms with van der Waals surface area (Å²) in [6, 6.07) is 0.580. The lowest BCUT2D eigenvalue weighted by Crippen LogP contribution is -2.51. The summed E-state index contributed by atoms with van der Waals surface area (Å²) in [7, 11) is 1.75. The first-order valence-electron chi connectivity index (χ1n) is 5.52. The summed E-state index contributed by atoms with van der Waals surface area (Å²) in [6.45, 7) is 8.23. The summed E-state index contributed by atoms with van der Waals surface area (Å²) >= 11 is 0. The molecular weight excluding hydrogens is 178 g/mol. The highest BCUT2D eigenvalue weighted by molar-refractivity contribution is 4.90. The average Bonchev–Trinajstić information content (AvgIpc) is 2.17. The topological polar surface area (TPSA) is 30.5 Å².